The SMILES string of the molecule is COc1cc(C(=O)Cc2ccc(-c3nc4cnccc4o3)s2)cc(OC)c1OC. The minimum atomic E-state index is -0.0561. The molecule has 1 aromatic carbocycles. The number of thiophene rings is 1. The molecule has 7 nitrogen and oxygen atoms in total. The number of hydrogen-bond acceptors (Lipinski definition) is 8. The second-order valence-electron chi connectivity index (χ2n) is 6.14. The van der Waals surface area contributed by atoms with Crippen LogP contribution in [0, 0.1) is 0 Å². The summed E-state index contributed by atoms with van der Waals surface area (Å²) in [5, 5.41) is 0. The summed E-state index contributed by atoms with van der Waals surface area (Å²) >= 11 is 1.47. The Morgan fingerprint density at radius 3 is 2.48 bits per heavy atom. The molecule has 4 rings (SSSR count). The van der Waals surface area contributed by atoms with Crippen molar-refractivity contribution in [2.45, 2.75) is 6.42 Å². The summed E-state index contributed by atoms with van der Waals surface area (Å²) in [7, 11) is 4.57. The monoisotopic (exact) mass is 410 g/mol. The fourth-order valence-electron chi connectivity index (χ4n) is 2.98. The number of ether oxygens (including phenoxy) is 3. The van der Waals surface area contributed by atoms with Crippen molar-refractivity contribution in [2.75, 3.05) is 21.3 Å². The first-order chi connectivity index (χ1) is 14.1. The molecule has 0 aliphatic heterocycles. The van der Waals surface area contributed by atoms with Gasteiger partial charge in [0.2, 0.25) is 11.6 Å². The quantitative estimate of drug-likeness (QED) is 0.418. The summed E-state index contributed by atoms with van der Waals surface area (Å²) in [6.45, 7) is 0. The van der Waals surface area contributed by atoms with Gasteiger partial charge in [0.1, 0.15) is 5.52 Å². The number of oxazole rings is 1. The molecule has 0 saturated heterocycles. The van der Waals surface area contributed by atoms with Crippen molar-refractivity contribution in [2.24, 2.45) is 0 Å². The van der Waals surface area contributed by atoms with Crippen molar-refractivity contribution in [3.63, 3.8) is 0 Å². The standard InChI is InChI=1S/C21H18N2O5S/c1-25-17-8-12(9-18(26-2)20(17)27-3)15(24)10-13-4-5-19(29-13)21-23-14-11-22-7-6-16(14)28-21/h4-9,11H,10H2,1-3H3. The van der Waals surface area contributed by atoms with Gasteiger partial charge < -0.3 is 18.6 Å². The van der Waals surface area contributed by atoms with Gasteiger partial charge in [-0.2, -0.15) is 0 Å². The van der Waals surface area contributed by atoms with Gasteiger partial charge in [-0.25, -0.2) is 4.98 Å². The van der Waals surface area contributed by atoms with Crippen LogP contribution in [0.5, 0.6) is 17.2 Å². The maximum Gasteiger partial charge on any atom is 0.237 e. The third-order valence-electron chi connectivity index (χ3n) is 4.38. The van der Waals surface area contributed by atoms with Crippen molar-refractivity contribution in [3.8, 4) is 28.0 Å². The van der Waals surface area contributed by atoms with E-state index in [2.05, 4.69) is 9.97 Å². The van der Waals surface area contributed by atoms with Gasteiger partial charge >= 0.3 is 0 Å². The van der Waals surface area contributed by atoms with Gasteiger partial charge in [-0.15, -0.1) is 11.3 Å². The predicted octanol–water partition coefficient (Wildman–Crippen LogP) is 4.40. The number of rotatable bonds is 7. The van der Waals surface area contributed by atoms with E-state index in [0.717, 1.165) is 9.75 Å². The van der Waals surface area contributed by atoms with E-state index in [-0.39, 0.29) is 12.2 Å². The number of ketones is 1. The Hall–Kier alpha value is -3.39. The molecule has 0 bridgehead atoms. The third kappa shape index (κ3) is 3.66. The number of benzene rings is 1. The Labute approximate surface area is 170 Å². The molecular formula is C21H18N2O5S. The average molecular weight is 410 g/mol. The lowest BCUT2D eigenvalue weighted by molar-refractivity contribution is 0.0993. The van der Waals surface area contributed by atoms with Crippen molar-refractivity contribution in [1.82, 2.24) is 9.97 Å². The number of carbonyl (C=O) groups is 1. The van der Waals surface area contributed by atoms with Crippen LogP contribution in [0.15, 0.2) is 47.1 Å². The number of nitrogens with zero attached hydrogens (tertiary/aromatic N) is 2. The lowest BCUT2D eigenvalue weighted by Gasteiger charge is -2.13. The van der Waals surface area contributed by atoms with Gasteiger partial charge in [0.15, 0.2) is 22.9 Å². The Morgan fingerprint density at radius 2 is 1.83 bits per heavy atom. The molecule has 3 heterocycles. The van der Waals surface area contributed by atoms with Crippen LogP contribution in [-0.4, -0.2) is 37.1 Å². The molecule has 0 unspecified atom stereocenters. The van der Waals surface area contributed by atoms with E-state index in [0.29, 0.717) is 39.8 Å². The van der Waals surface area contributed by atoms with Gasteiger partial charge in [0.05, 0.1) is 32.4 Å². The van der Waals surface area contributed by atoms with Crippen LogP contribution < -0.4 is 14.2 Å². The zero-order valence-corrected chi connectivity index (χ0v) is 16.9. The van der Waals surface area contributed by atoms with Crippen LogP contribution in [0.2, 0.25) is 0 Å². The Morgan fingerprint density at radius 1 is 1.07 bits per heavy atom. The summed E-state index contributed by atoms with van der Waals surface area (Å²) in [5.41, 5.74) is 1.87. The molecule has 3 aromatic heterocycles. The van der Waals surface area contributed by atoms with E-state index in [1.165, 1.54) is 32.7 Å². The number of methoxy groups -OCH3 is 3. The van der Waals surface area contributed by atoms with E-state index < -0.39 is 0 Å². The minimum absolute atomic E-state index is 0.0561. The van der Waals surface area contributed by atoms with Gasteiger partial charge in [0, 0.05) is 29.1 Å². The Balaban J connectivity index is 1.58. The number of pyridine rings is 1. The summed E-state index contributed by atoms with van der Waals surface area (Å²) < 4.78 is 21.7. The van der Waals surface area contributed by atoms with Gasteiger partial charge in [-0.05, 0) is 24.3 Å². The lowest BCUT2D eigenvalue weighted by Crippen LogP contribution is -2.04. The summed E-state index contributed by atoms with van der Waals surface area (Å²) in [5.74, 6) is 1.81. The van der Waals surface area contributed by atoms with E-state index in [1.54, 1.807) is 30.6 Å². The highest BCUT2D eigenvalue weighted by Gasteiger charge is 2.18. The van der Waals surface area contributed by atoms with Gasteiger partial charge in [-0.1, -0.05) is 0 Å². The van der Waals surface area contributed by atoms with E-state index in [4.69, 9.17) is 18.6 Å². The molecule has 0 N–H and O–H groups in total. The molecule has 0 atom stereocenters. The van der Waals surface area contributed by atoms with E-state index in [1.807, 2.05) is 12.1 Å². The third-order valence-corrected chi connectivity index (χ3v) is 5.46. The highest BCUT2D eigenvalue weighted by Crippen LogP contribution is 2.38. The average Bonchev–Trinajstić information content (AvgIpc) is 3.39. The molecule has 29 heavy (non-hydrogen) atoms. The van der Waals surface area contributed by atoms with E-state index >= 15 is 0 Å². The first-order valence-electron chi connectivity index (χ1n) is 8.75. The molecule has 148 valence electrons. The number of aromatic nitrogens is 2. The van der Waals surface area contributed by atoms with Crippen molar-refractivity contribution in [1.29, 1.82) is 0 Å². The molecule has 0 radical (unpaired) electrons. The molecule has 0 aliphatic rings. The highest BCUT2D eigenvalue weighted by atomic mass is 32.1. The lowest BCUT2D eigenvalue weighted by atomic mass is 10.1. The minimum Gasteiger partial charge on any atom is -0.493 e. The maximum atomic E-state index is 12.8. The molecule has 0 fully saturated rings. The van der Waals surface area contributed by atoms with Crippen LogP contribution in [-0.2, 0) is 6.42 Å². The zero-order valence-electron chi connectivity index (χ0n) is 16.1. The fraction of sp³-hybridized carbons (Fsp3) is 0.190. The first-order valence-corrected chi connectivity index (χ1v) is 9.57. The zero-order chi connectivity index (χ0) is 20.4. The second kappa shape index (κ2) is 7.92. The normalized spacial score (nSPS) is 10.9. The summed E-state index contributed by atoms with van der Waals surface area (Å²) in [4.78, 5) is 23.1. The van der Waals surface area contributed by atoms with Crippen LogP contribution in [0.3, 0.4) is 0 Å². The summed E-state index contributed by atoms with van der Waals surface area (Å²) in [6, 6.07) is 8.90. The maximum absolute atomic E-state index is 12.8. The molecule has 0 aliphatic carbocycles. The highest BCUT2D eigenvalue weighted by molar-refractivity contribution is 7.15. The fourth-order valence-corrected chi connectivity index (χ4v) is 3.91. The number of carbonyl (C=O) groups excluding carboxylic acids is 1. The van der Waals surface area contributed by atoms with Crippen LogP contribution in [0.1, 0.15) is 15.2 Å². The molecule has 4 aromatic rings. The predicted molar refractivity (Wildman–Crippen MR) is 109 cm³/mol. The van der Waals surface area contributed by atoms with Crippen molar-refractivity contribution < 1.29 is 23.4 Å². The van der Waals surface area contributed by atoms with Crippen LogP contribution in [0.25, 0.3) is 21.9 Å². The molecule has 0 saturated carbocycles. The summed E-state index contributed by atoms with van der Waals surface area (Å²) in [6.07, 6.45) is 3.56. The smallest absolute Gasteiger partial charge is 0.237 e. The van der Waals surface area contributed by atoms with Crippen LogP contribution >= 0.6 is 11.3 Å². The number of fused-ring (bicyclic) bond motifs is 1. The molecule has 0 spiro atoms. The Kier molecular flexibility index (Phi) is 5.18. The van der Waals surface area contributed by atoms with Gasteiger partial charge in [-0.3, -0.25) is 9.78 Å². The molecule has 0 amide bonds. The Bertz CT molecular complexity index is 1120. The topological polar surface area (TPSA) is 83.7 Å². The first kappa shape index (κ1) is 18.9. The largest absolute Gasteiger partial charge is 0.493 e. The van der Waals surface area contributed by atoms with E-state index in [9.17, 15) is 4.79 Å². The van der Waals surface area contributed by atoms with Crippen LogP contribution in [0.4, 0.5) is 0 Å². The number of Topliss-reactive ketones (excluding diaryl/α,β-unsaturated/α-hetero) is 1. The second-order valence-corrected chi connectivity index (χ2v) is 7.31. The molecule has 8 heteroatoms. The van der Waals surface area contributed by atoms with Crippen molar-refractivity contribution >= 4 is 28.2 Å². The van der Waals surface area contributed by atoms with Gasteiger partial charge in [0.25, 0.3) is 0 Å². The van der Waals surface area contributed by atoms with Crippen molar-refractivity contribution in [3.05, 3.63) is 53.2 Å². The molecular weight excluding hydrogens is 392 g/mol. The number of hydrogen-bond donors (Lipinski definition) is 0.